The Balaban J connectivity index is 2.24. The van der Waals surface area contributed by atoms with Crippen molar-refractivity contribution >= 4 is 34.2 Å². The summed E-state index contributed by atoms with van der Waals surface area (Å²) in [5.74, 6) is 0.505. The molecule has 0 fully saturated rings. The van der Waals surface area contributed by atoms with Gasteiger partial charge in [0.2, 0.25) is 0 Å². The average molecular weight is 426 g/mol. The molecule has 0 saturated carbocycles. The van der Waals surface area contributed by atoms with Crippen molar-refractivity contribution in [1.82, 2.24) is 4.57 Å². The number of ether oxygens (including phenoxy) is 1. The first-order valence-corrected chi connectivity index (χ1v) is 9.03. The highest BCUT2D eigenvalue weighted by molar-refractivity contribution is 14.1. The fourth-order valence-electron chi connectivity index (χ4n) is 2.43. The summed E-state index contributed by atoms with van der Waals surface area (Å²) in [4.78, 5) is 12.7. The predicted molar refractivity (Wildman–Crippen MR) is 102 cm³/mol. The molecule has 124 valence electrons. The molecule has 4 nitrogen and oxygen atoms in total. The van der Waals surface area contributed by atoms with E-state index in [2.05, 4.69) is 34.8 Å². The largest absolute Gasteiger partial charge is 0.493 e. The molecule has 0 spiro atoms. The molecule has 1 amide bonds. The lowest BCUT2D eigenvalue weighted by molar-refractivity contribution is 0.102. The zero-order valence-corrected chi connectivity index (χ0v) is 16.0. The van der Waals surface area contributed by atoms with E-state index in [0.717, 1.165) is 28.7 Å². The minimum atomic E-state index is -0.129. The van der Waals surface area contributed by atoms with Crippen LogP contribution in [-0.4, -0.2) is 17.1 Å². The standard InChI is InChI=1S/C18H23IN2O2/c1-4-8-13-15(12-21(3)17(13)19)20-18(22)14-9-6-7-10-16(14)23-11-5-2/h6-7,9-10,12H,4-5,8,11H2,1-3H3,(H,20,22). The van der Waals surface area contributed by atoms with Gasteiger partial charge in [-0.1, -0.05) is 32.4 Å². The third-order valence-electron chi connectivity index (χ3n) is 3.55. The molecule has 0 aliphatic heterocycles. The molecule has 1 aromatic heterocycles. The molecule has 0 radical (unpaired) electrons. The molecule has 0 unspecified atom stereocenters. The molecule has 1 heterocycles. The number of hydrogen-bond acceptors (Lipinski definition) is 2. The van der Waals surface area contributed by atoms with Gasteiger partial charge in [-0.25, -0.2) is 0 Å². The van der Waals surface area contributed by atoms with Gasteiger partial charge in [0, 0.05) is 18.8 Å². The zero-order valence-electron chi connectivity index (χ0n) is 13.9. The van der Waals surface area contributed by atoms with E-state index in [1.807, 2.05) is 42.9 Å². The van der Waals surface area contributed by atoms with Crippen LogP contribution in [0.1, 0.15) is 42.6 Å². The van der Waals surface area contributed by atoms with Crippen LogP contribution in [0, 0.1) is 3.70 Å². The Morgan fingerprint density at radius 3 is 2.70 bits per heavy atom. The van der Waals surface area contributed by atoms with Crippen molar-refractivity contribution in [3.05, 3.63) is 45.3 Å². The van der Waals surface area contributed by atoms with Gasteiger partial charge in [0.25, 0.3) is 5.91 Å². The summed E-state index contributed by atoms with van der Waals surface area (Å²) in [5.41, 5.74) is 2.65. The number of rotatable bonds is 7. The molecule has 0 aliphatic rings. The van der Waals surface area contributed by atoms with Gasteiger partial charge < -0.3 is 14.6 Å². The summed E-state index contributed by atoms with van der Waals surface area (Å²) in [6, 6.07) is 7.38. The van der Waals surface area contributed by atoms with Crippen LogP contribution < -0.4 is 10.1 Å². The molecule has 1 N–H and O–H groups in total. The third kappa shape index (κ3) is 4.28. The predicted octanol–water partition coefficient (Wildman–Crippen LogP) is 4.62. The number of nitrogens with one attached hydrogen (secondary N) is 1. The third-order valence-corrected chi connectivity index (χ3v) is 4.96. The minimum Gasteiger partial charge on any atom is -0.493 e. The Hall–Kier alpha value is -1.50. The molecular formula is C18H23IN2O2. The minimum absolute atomic E-state index is 0.129. The number of halogens is 1. The molecule has 5 heteroatoms. The quantitative estimate of drug-likeness (QED) is 0.657. The Labute approximate surface area is 151 Å². The Kier molecular flexibility index (Phi) is 6.50. The van der Waals surface area contributed by atoms with E-state index in [4.69, 9.17) is 4.74 Å². The number of para-hydroxylation sites is 1. The van der Waals surface area contributed by atoms with E-state index >= 15 is 0 Å². The van der Waals surface area contributed by atoms with Crippen LogP contribution in [0.2, 0.25) is 0 Å². The van der Waals surface area contributed by atoms with Gasteiger partial charge in [0.15, 0.2) is 0 Å². The van der Waals surface area contributed by atoms with Crippen molar-refractivity contribution < 1.29 is 9.53 Å². The molecule has 0 atom stereocenters. The van der Waals surface area contributed by atoms with Crippen LogP contribution in [0.25, 0.3) is 0 Å². The first kappa shape index (κ1) is 17.8. The first-order chi connectivity index (χ1) is 11.1. The van der Waals surface area contributed by atoms with Gasteiger partial charge >= 0.3 is 0 Å². The fourth-order valence-corrected chi connectivity index (χ4v) is 3.13. The number of benzene rings is 1. The van der Waals surface area contributed by atoms with Crippen molar-refractivity contribution in [1.29, 1.82) is 0 Å². The number of carbonyl (C=O) groups is 1. The van der Waals surface area contributed by atoms with Crippen LogP contribution in [0.5, 0.6) is 5.75 Å². The lowest BCUT2D eigenvalue weighted by atomic mass is 10.1. The van der Waals surface area contributed by atoms with Gasteiger partial charge in [0.05, 0.1) is 21.6 Å². The maximum absolute atomic E-state index is 12.7. The Bertz CT molecular complexity index is 680. The molecule has 1 aromatic carbocycles. The summed E-state index contributed by atoms with van der Waals surface area (Å²) < 4.78 is 8.89. The average Bonchev–Trinajstić information content (AvgIpc) is 2.81. The second-order valence-electron chi connectivity index (χ2n) is 5.47. The van der Waals surface area contributed by atoms with E-state index in [1.165, 1.54) is 5.56 Å². The lowest BCUT2D eigenvalue weighted by Gasteiger charge is -2.11. The van der Waals surface area contributed by atoms with Crippen LogP contribution in [0.15, 0.2) is 30.5 Å². The SMILES string of the molecule is CCCOc1ccccc1C(=O)Nc1cn(C)c(I)c1CCC. The second-order valence-corrected chi connectivity index (χ2v) is 6.49. The number of aryl methyl sites for hydroxylation is 1. The Morgan fingerprint density at radius 1 is 1.26 bits per heavy atom. The van der Waals surface area contributed by atoms with E-state index in [-0.39, 0.29) is 5.91 Å². The lowest BCUT2D eigenvalue weighted by Crippen LogP contribution is -2.14. The molecule has 0 saturated heterocycles. The summed E-state index contributed by atoms with van der Waals surface area (Å²) in [5, 5.41) is 3.05. The summed E-state index contributed by atoms with van der Waals surface area (Å²) >= 11 is 2.32. The highest BCUT2D eigenvalue weighted by Crippen LogP contribution is 2.27. The number of nitrogens with zero attached hydrogens (tertiary/aromatic N) is 1. The maximum atomic E-state index is 12.7. The van der Waals surface area contributed by atoms with Gasteiger partial charge in [-0.3, -0.25) is 4.79 Å². The van der Waals surface area contributed by atoms with E-state index < -0.39 is 0 Å². The summed E-state index contributed by atoms with van der Waals surface area (Å²) in [6.07, 6.45) is 4.87. The number of hydrogen-bond donors (Lipinski definition) is 1. The number of amides is 1. The van der Waals surface area contributed by atoms with Crippen molar-refractivity contribution in [2.45, 2.75) is 33.1 Å². The second kappa shape index (κ2) is 8.38. The Morgan fingerprint density at radius 2 is 2.00 bits per heavy atom. The van der Waals surface area contributed by atoms with Crippen molar-refractivity contribution in [2.75, 3.05) is 11.9 Å². The molecule has 23 heavy (non-hydrogen) atoms. The van der Waals surface area contributed by atoms with E-state index in [9.17, 15) is 4.79 Å². The van der Waals surface area contributed by atoms with Crippen LogP contribution in [0.3, 0.4) is 0 Å². The molecule has 0 bridgehead atoms. The van der Waals surface area contributed by atoms with Gasteiger partial charge in [-0.2, -0.15) is 0 Å². The summed E-state index contributed by atoms with van der Waals surface area (Å²) in [6.45, 7) is 4.79. The number of carbonyl (C=O) groups excluding carboxylic acids is 1. The van der Waals surface area contributed by atoms with Crippen molar-refractivity contribution in [3.8, 4) is 5.75 Å². The maximum Gasteiger partial charge on any atom is 0.259 e. The molecular weight excluding hydrogens is 403 g/mol. The first-order valence-electron chi connectivity index (χ1n) is 7.95. The molecule has 0 aliphatic carbocycles. The van der Waals surface area contributed by atoms with Crippen molar-refractivity contribution in [2.24, 2.45) is 7.05 Å². The smallest absolute Gasteiger partial charge is 0.259 e. The highest BCUT2D eigenvalue weighted by Gasteiger charge is 2.17. The monoisotopic (exact) mass is 426 g/mol. The number of anilines is 1. The summed E-state index contributed by atoms with van der Waals surface area (Å²) in [7, 11) is 1.99. The highest BCUT2D eigenvalue weighted by atomic mass is 127. The van der Waals surface area contributed by atoms with E-state index in [0.29, 0.717) is 17.9 Å². The van der Waals surface area contributed by atoms with Crippen molar-refractivity contribution in [3.63, 3.8) is 0 Å². The van der Waals surface area contributed by atoms with Crippen LogP contribution >= 0.6 is 22.6 Å². The van der Waals surface area contributed by atoms with Crippen LogP contribution in [0.4, 0.5) is 5.69 Å². The fraction of sp³-hybridized carbons (Fsp3) is 0.389. The number of aromatic nitrogens is 1. The molecule has 2 rings (SSSR count). The van der Waals surface area contributed by atoms with Crippen LogP contribution in [-0.2, 0) is 13.5 Å². The zero-order chi connectivity index (χ0) is 16.8. The van der Waals surface area contributed by atoms with Gasteiger partial charge in [-0.15, -0.1) is 0 Å². The van der Waals surface area contributed by atoms with E-state index in [1.54, 1.807) is 6.07 Å². The van der Waals surface area contributed by atoms with Gasteiger partial charge in [-0.05, 0) is 47.6 Å². The molecule has 2 aromatic rings. The normalized spacial score (nSPS) is 10.6. The topological polar surface area (TPSA) is 43.3 Å². The van der Waals surface area contributed by atoms with Gasteiger partial charge in [0.1, 0.15) is 5.75 Å².